The van der Waals surface area contributed by atoms with Gasteiger partial charge in [0.1, 0.15) is 5.60 Å². The number of nitrogens with one attached hydrogen (secondary N) is 1. The van der Waals surface area contributed by atoms with Crippen molar-refractivity contribution in [2.24, 2.45) is 0 Å². The molecule has 134 valence electrons. The van der Waals surface area contributed by atoms with Crippen LogP contribution in [0.2, 0.25) is 0 Å². The smallest absolute Gasteiger partial charge is 0.410 e. The minimum atomic E-state index is -0.445. The maximum absolute atomic E-state index is 12.2. The van der Waals surface area contributed by atoms with Crippen LogP contribution in [0.1, 0.15) is 56.4 Å². The van der Waals surface area contributed by atoms with Crippen LogP contribution in [-0.4, -0.2) is 39.9 Å². The number of nitrogens with zero attached hydrogens (tertiary/aromatic N) is 2. The van der Waals surface area contributed by atoms with Gasteiger partial charge in [0.05, 0.1) is 5.69 Å². The van der Waals surface area contributed by atoms with Crippen LogP contribution < -0.4 is 0 Å². The molecule has 0 atom stereocenters. The predicted molar refractivity (Wildman–Crippen MR) is 97.6 cm³/mol. The number of H-pyrrole nitrogens is 1. The number of carbonyl (C=O) groups is 1. The molecule has 2 heterocycles. The molecule has 0 radical (unpaired) electrons. The number of benzene rings is 1. The fourth-order valence-corrected chi connectivity index (χ4v) is 3.30. The Kier molecular flexibility index (Phi) is 5.11. The second-order valence-corrected chi connectivity index (χ2v) is 7.70. The van der Waals surface area contributed by atoms with Crippen LogP contribution in [0.5, 0.6) is 0 Å². The SMILES string of the molecule is CC(C)(C)OC(=O)N1CCC(c2n[nH]cc2Cc2ccccc2)CC1. The van der Waals surface area contributed by atoms with E-state index in [1.54, 1.807) is 0 Å². The van der Waals surface area contributed by atoms with E-state index in [1.165, 1.54) is 11.1 Å². The lowest BCUT2D eigenvalue weighted by molar-refractivity contribution is 0.0204. The van der Waals surface area contributed by atoms with Gasteiger partial charge in [-0.05, 0) is 44.7 Å². The highest BCUT2D eigenvalue weighted by molar-refractivity contribution is 5.68. The number of aromatic amines is 1. The lowest BCUT2D eigenvalue weighted by Gasteiger charge is -2.33. The van der Waals surface area contributed by atoms with E-state index in [-0.39, 0.29) is 6.09 Å². The molecule has 1 aliphatic heterocycles. The zero-order valence-electron chi connectivity index (χ0n) is 15.3. The highest BCUT2D eigenvalue weighted by Crippen LogP contribution is 2.30. The highest BCUT2D eigenvalue weighted by atomic mass is 16.6. The molecule has 1 saturated heterocycles. The van der Waals surface area contributed by atoms with E-state index in [4.69, 9.17) is 4.74 Å². The van der Waals surface area contributed by atoms with Gasteiger partial charge in [0.15, 0.2) is 0 Å². The fraction of sp³-hybridized carbons (Fsp3) is 0.500. The predicted octanol–water partition coefficient (Wildman–Crippen LogP) is 4.12. The van der Waals surface area contributed by atoms with E-state index < -0.39 is 5.60 Å². The molecule has 1 fully saturated rings. The first kappa shape index (κ1) is 17.5. The summed E-state index contributed by atoms with van der Waals surface area (Å²) in [6, 6.07) is 10.4. The molecule has 25 heavy (non-hydrogen) atoms. The summed E-state index contributed by atoms with van der Waals surface area (Å²) >= 11 is 0. The molecule has 0 bridgehead atoms. The Balaban J connectivity index is 1.60. The molecule has 5 heteroatoms. The molecule has 3 rings (SSSR count). The van der Waals surface area contributed by atoms with Gasteiger partial charge in [-0.1, -0.05) is 30.3 Å². The largest absolute Gasteiger partial charge is 0.444 e. The van der Waals surface area contributed by atoms with Crippen molar-refractivity contribution in [1.29, 1.82) is 0 Å². The summed E-state index contributed by atoms with van der Waals surface area (Å²) in [5.41, 5.74) is 3.24. The third-order valence-corrected chi connectivity index (χ3v) is 4.52. The molecule has 1 N–H and O–H groups in total. The van der Waals surface area contributed by atoms with Gasteiger partial charge >= 0.3 is 6.09 Å². The van der Waals surface area contributed by atoms with Gasteiger partial charge in [-0.25, -0.2) is 4.79 Å². The van der Waals surface area contributed by atoms with E-state index in [9.17, 15) is 4.79 Å². The van der Waals surface area contributed by atoms with Gasteiger partial charge in [-0.15, -0.1) is 0 Å². The first-order valence-electron chi connectivity index (χ1n) is 8.97. The third-order valence-electron chi connectivity index (χ3n) is 4.52. The molecule has 1 aromatic heterocycles. The molecule has 0 unspecified atom stereocenters. The number of hydrogen-bond donors (Lipinski definition) is 1. The van der Waals surface area contributed by atoms with Crippen molar-refractivity contribution in [2.75, 3.05) is 13.1 Å². The summed E-state index contributed by atoms with van der Waals surface area (Å²) in [5, 5.41) is 7.53. The van der Waals surface area contributed by atoms with Crippen molar-refractivity contribution < 1.29 is 9.53 Å². The fourth-order valence-electron chi connectivity index (χ4n) is 3.30. The molecule has 2 aromatic rings. The number of amides is 1. The van der Waals surface area contributed by atoms with Crippen LogP contribution in [-0.2, 0) is 11.2 Å². The van der Waals surface area contributed by atoms with Crippen molar-refractivity contribution in [3.8, 4) is 0 Å². The number of ether oxygens (including phenoxy) is 1. The number of hydrogen-bond acceptors (Lipinski definition) is 3. The van der Waals surface area contributed by atoms with E-state index in [0.29, 0.717) is 5.92 Å². The third kappa shape index (κ3) is 4.62. The summed E-state index contributed by atoms with van der Waals surface area (Å²) in [6.45, 7) is 7.14. The van der Waals surface area contributed by atoms with Crippen molar-refractivity contribution in [3.05, 3.63) is 53.3 Å². The topological polar surface area (TPSA) is 58.2 Å². The standard InChI is InChI=1S/C20H27N3O2/c1-20(2,3)25-19(24)23-11-9-16(10-12-23)18-17(14-21-22-18)13-15-7-5-4-6-8-15/h4-8,14,16H,9-13H2,1-3H3,(H,21,22). The van der Waals surface area contributed by atoms with Gasteiger partial charge in [0, 0.05) is 31.6 Å². The Bertz CT molecular complexity index is 695. The van der Waals surface area contributed by atoms with E-state index in [1.807, 2.05) is 37.9 Å². The Morgan fingerprint density at radius 1 is 1.24 bits per heavy atom. The van der Waals surface area contributed by atoms with Crippen LogP contribution in [0.3, 0.4) is 0 Å². The van der Waals surface area contributed by atoms with E-state index in [2.05, 4.69) is 34.5 Å². The minimum Gasteiger partial charge on any atom is -0.444 e. The number of rotatable bonds is 3. The lowest BCUT2D eigenvalue weighted by Crippen LogP contribution is -2.41. The van der Waals surface area contributed by atoms with Gasteiger partial charge in [0.25, 0.3) is 0 Å². The second kappa shape index (κ2) is 7.30. The van der Waals surface area contributed by atoms with Crippen LogP contribution in [0.25, 0.3) is 0 Å². The van der Waals surface area contributed by atoms with Crippen LogP contribution in [0, 0.1) is 0 Å². The molecule has 5 nitrogen and oxygen atoms in total. The van der Waals surface area contributed by atoms with Crippen molar-refractivity contribution >= 4 is 6.09 Å². The molecule has 1 aliphatic rings. The quantitative estimate of drug-likeness (QED) is 0.914. The Labute approximate surface area is 149 Å². The van der Waals surface area contributed by atoms with Gasteiger partial charge in [-0.3, -0.25) is 5.10 Å². The Morgan fingerprint density at radius 3 is 2.56 bits per heavy atom. The van der Waals surface area contributed by atoms with Crippen LogP contribution in [0.15, 0.2) is 36.5 Å². The number of aromatic nitrogens is 2. The molecule has 1 amide bonds. The van der Waals surface area contributed by atoms with Gasteiger partial charge in [0.2, 0.25) is 0 Å². The first-order valence-corrected chi connectivity index (χ1v) is 8.97. The lowest BCUT2D eigenvalue weighted by atomic mass is 9.90. The average Bonchev–Trinajstić information content (AvgIpc) is 3.02. The molecule has 1 aromatic carbocycles. The monoisotopic (exact) mass is 341 g/mol. The zero-order valence-corrected chi connectivity index (χ0v) is 15.3. The molecule has 0 saturated carbocycles. The Hall–Kier alpha value is -2.30. The number of piperidine rings is 1. The maximum Gasteiger partial charge on any atom is 0.410 e. The van der Waals surface area contributed by atoms with Gasteiger partial charge in [-0.2, -0.15) is 5.10 Å². The molecular formula is C20H27N3O2. The molecule has 0 aliphatic carbocycles. The molecule has 0 spiro atoms. The summed E-state index contributed by atoms with van der Waals surface area (Å²) < 4.78 is 5.47. The summed E-state index contributed by atoms with van der Waals surface area (Å²) in [5.74, 6) is 0.392. The second-order valence-electron chi connectivity index (χ2n) is 7.70. The summed E-state index contributed by atoms with van der Waals surface area (Å²) in [4.78, 5) is 14.0. The normalized spacial score (nSPS) is 16.0. The molecular weight excluding hydrogens is 314 g/mol. The first-order chi connectivity index (χ1) is 11.9. The summed E-state index contributed by atoms with van der Waals surface area (Å²) in [7, 11) is 0. The summed E-state index contributed by atoms with van der Waals surface area (Å²) in [6.07, 6.45) is 4.52. The van der Waals surface area contributed by atoms with E-state index >= 15 is 0 Å². The minimum absolute atomic E-state index is 0.211. The van der Waals surface area contributed by atoms with Crippen LogP contribution in [0.4, 0.5) is 4.79 Å². The Morgan fingerprint density at radius 2 is 1.92 bits per heavy atom. The van der Waals surface area contributed by atoms with Crippen LogP contribution >= 0.6 is 0 Å². The zero-order chi connectivity index (χ0) is 17.9. The van der Waals surface area contributed by atoms with Crippen molar-refractivity contribution in [3.63, 3.8) is 0 Å². The van der Waals surface area contributed by atoms with Crippen molar-refractivity contribution in [1.82, 2.24) is 15.1 Å². The number of likely N-dealkylation sites (tertiary alicyclic amines) is 1. The van der Waals surface area contributed by atoms with E-state index in [0.717, 1.165) is 38.0 Å². The van der Waals surface area contributed by atoms with Crippen molar-refractivity contribution in [2.45, 2.75) is 51.6 Å². The maximum atomic E-state index is 12.2. The number of carbonyl (C=O) groups excluding carboxylic acids is 1. The highest BCUT2D eigenvalue weighted by Gasteiger charge is 2.29. The average molecular weight is 341 g/mol. The van der Waals surface area contributed by atoms with Gasteiger partial charge < -0.3 is 9.64 Å².